The third kappa shape index (κ3) is 5.38. The largest absolute Gasteiger partial charge is 0.494 e. The maximum atomic E-state index is 14.6. The van der Waals surface area contributed by atoms with E-state index in [-0.39, 0.29) is 17.5 Å². The smallest absolute Gasteiger partial charge is 0.251 e. The molecule has 0 atom stereocenters. The average molecular weight is 499 g/mol. The fraction of sp³-hybridized carbons (Fsp3) is 0.172. The van der Waals surface area contributed by atoms with Crippen LogP contribution in [0.15, 0.2) is 77.9 Å². The maximum Gasteiger partial charge on any atom is 0.251 e. The van der Waals surface area contributed by atoms with Crippen LogP contribution in [0.2, 0.25) is 0 Å². The first kappa shape index (κ1) is 24.2. The van der Waals surface area contributed by atoms with Gasteiger partial charge in [0.1, 0.15) is 5.82 Å². The predicted octanol–water partition coefficient (Wildman–Crippen LogP) is 6.12. The maximum absolute atomic E-state index is 14.6. The quantitative estimate of drug-likeness (QED) is 0.297. The summed E-state index contributed by atoms with van der Waals surface area (Å²) in [6.07, 6.45) is 6.33. The number of carbonyl (C=O) groups excluding carboxylic acids is 1. The minimum atomic E-state index is -0.542. The summed E-state index contributed by atoms with van der Waals surface area (Å²) in [6.45, 7) is 0.529. The number of nitrogens with zero attached hydrogens (tertiary/aromatic N) is 3. The number of aromatic nitrogens is 2. The highest BCUT2D eigenvalue weighted by molar-refractivity contribution is 5.98. The molecule has 37 heavy (non-hydrogen) atoms. The third-order valence-electron chi connectivity index (χ3n) is 6.11. The Morgan fingerprint density at radius 3 is 2.43 bits per heavy atom. The van der Waals surface area contributed by atoms with Gasteiger partial charge in [-0.3, -0.25) is 9.79 Å². The minimum absolute atomic E-state index is 0.107. The van der Waals surface area contributed by atoms with Crippen molar-refractivity contribution in [1.29, 1.82) is 0 Å². The molecule has 1 aliphatic rings. The molecule has 1 amide bonds. The van der Waals surface area contributed by atoms with Crippen LogP contribution >= 0.6 is 0 Å². The molecule has 0 spiro atoms. The summed E-state index contributed by atoms with van der Waals surface area (Å²) in [5.74, 6) is -1.02. The van der Waals surface area contributed by atoms with Crippen molar-refractivity contribution in [1.82, 2.24) is 15.3 Å². The summed E-state index contributed by atoms with van der Waals surface area (Å²) in [5.41, 5.74) is 4.59. The van der Waals surface area contributed by atoms with Gasteiger partial charge < -0.3 is 10.1 Å². The second-order valence-electron chi connectivity index (χ2n) is 8.62. The first-order valence-corrected chi connectivity index (χ1v) is 11.9. The standard InChI is InChI=1S/C29H24F2N4O2/c1-37-26-13-9-19(16-23(26)31)28-27(18-6-10-21(30)11-7-18)34-24-12-8-20(17-25(24)35-28)29(36)33-15-3-5-22-4-2-14-32-22/h2,6-14,16-17H,3-5,15H2,1H3,(H,33,36). The Morgan fingerprint density at radius 1 is 0.946 bits per heavy atom. The zero-order valence-electron chi connectivity index (χ0n) is 20.2. The van der Waals surface area contributed by atoms with Gasteiger partial charge in [0.2, 0.25) is 0 Å². The topological polar surface area (TPSA) is 76.5 Å². The lowest BCUT2D eigenvalue weighted by atomic mass is 10.0. The van der Waals surface area contributed by atoms with Crippen LogP contribution in [-0.2, 0) is 0 Å². The molecule has 186 valence electrons. The van der Waals surface area contributed by atoms with Gasteiger partial charge in [0.25, 0.3) is 5.91 Å². The molecule has 0 saturated heterocycles. The van der Waals surface area contributed by atoms with Gasteiger partial charge in [0.05, 0.1) is 29.5 Å². The number of hydrogen-bond acceptors (Lipinski definition) is 5. The average Bonchev–Trinajstić information content (AvgIpc) is 3.44. The zero-order valence-corrected chi connectivity index (χ0v) is 20.2. The van der Waals surface area contributed by atoms with Crippen molar-refractivity contribution in [2.45, 2.75) is 19.3 Å². The third-order valence-corrected chi connectivity index (χ3v) is 6.11. The highest BCUT2D eigenvalue weighted by Crippen LogP contribution is 2.33. The molecule has 2 heterocycles. The van der Waals surface area contributed by atoms with E-state index in [0.717, 1.165) is 25.0 Å². The van der Waals surface area contributed by atoms with Crippen molar-refractivity contribution in [2.75, 3.05) is 13.7 Å². The summed E-state index contributed by atoms with van der Waals surface area (Å²) >= 11 is 0. The van der Waals surface area contributed by atoms with Gasteiger partial charge in [-0.1, -0.05) is 6.08 Å². The van der Waals surface area contributed by atoms with Gasteiger partial charge in [0, 0.05) is 41.6 Å². The van der Waals surface area contributed by atoms with Crippen LogP contribution in [0.25, 0.3) is 33.5 Å². The second kappa shape index (κ2) is 10.7. The fourth-order valence-corrected chi connectivity index (χ4v) is 4.18. The summed E-state index contributed by atoms with van der Waals surface area (Å²) in [4.78, 5) is 26.6. The predicted molar refractivity (Wildman–Crippen MR) is 140 cm³/mol. The highest BCUT2D eigenvalue weighted by atomic mass is 19.1. The molecule has 0 bridgehead atoms. The summed E-state index contributed by atoms with van der Waals surface area (Å²) < 4.78 is 33.2. The Balaban J connectivity index is 1.47. The number of ether oxygens (including phenoxy) is 1. The lowest BCUT2D eigenvalue weighted by Gasteiger charge is -2.12. The number of amides is 1. The van der Waals surface area contributed by atoms with Crippen molar-refractivity contribution in [2.24, 2.45) is 4.99 Å². The Hall–Kier alpha value is -4.46. The van der Waals surface area contributed by atoms with Crippen LogP contribution in [0.4, 0.5) is 8.78 Å². The van der Waals surface area contributed by atoms with Gasteiger partial charge in [-0.15, -0.1) is 0 Å². The number of fused-ring (bicyclic) bond motifs is 1. The van der Waals surface area contributed by atoms with Crippen LogP contribution < -0.4 is 10.1 Å². The molecule has 0 saturated carbocycles. The molecule has 1 aliphatic heterocycles. The normalized spacial score (nSPS) is 12.6. The Morgan fingerprint density at radius 2 is 1.70 bits per heavy atom. The van der Waals surface area contributed by atoms with Crippen molar-refractivity contribution in [3.63, 3.8) is 0 Å². The number of methoxy groups -OCH3 is 1. The molecule has 8 heteroatoms. The molecule has 3 aromatic carbocycles. The number of aliphatic imine (C=N–C) groups is 1. The van der Waals surface area contributed by atoms with Gasteiger partial charge >= 0.3 is 0 Å². The van der Waals surface area contributed by atoms with E-state index < -0.39 is 5.82 Å². The van der Waals surface area contributed by atoms with Gasteiger partial charge in [0.15, 0.2) is 11.6 Å². The van der Waals surface area contributed by atoms with Crippen LogP contribution in [-0.4, -0.2) is 35.2 Å². The van der Waals surface area contributed by atoms with Gasteiger partial charge in [-0.2, -0.15) is 0 Å². The molecule has 1 N–H and O–H groups in total. The van der Waals surface area contributed by atoms with Crippen LogP contribution in [0, 0.1) is 11.6 Å². The summed E-state index contributed by atoms with van der Waals surface area (Å²) in [7, 11) is 1.39. The highest BCUT2D eigenvalue weighted by Gasteiger charge is 2.17. The monoisotopic (exact) mass is 498 g/mol. The number of hydrogen-bond donors (Lipinski definition) is 1. The van der Waals surface area contributed by atoms with E-state index in [0.29, 0.717) is 45.7 Å². The number of allylic oxidation sites excluding steroid dienone is 1. The van der Waals surface area contributed by atoms with Crippen molar-refractivity contribution in [3.8, 4) is 28.3 Å². The second-order valence-corrected chi connectivity index (χ2v) is 8.62. The van der Waals surface area contributed by atoms with Crippen molar-refractivity contribution >= 4 is 22.7 Å². The molecule has 0 fully saturated rings. The zero-order chi connectivity index (χ0) is 25.8. The Bertz CT molecular complexity index is 1530. The molecule has 4 aromatic rings. The van der Waals surface area contributed by atoms with Crippen LogP contribution in [0.5, 0.6) is 5.75 Å². The molecular formula is C29H24F2N4O2. The van der Waals surface area contributed by atoms with Gasteiger partial charge in [-0.05, 0) is 73.5 Å². The molecule has 0 aliphatic carbocycles. The van der Waals surface area contributed by atoms with E-state index in [1.54, 1.807) is 42.6 Å². The molecule has 1 aromatic heterocycles. The number of nitrogens with one attached hydrogen (secondary N) is 1. The van der Waals surface area contributed by atoms with E-state index in [1.807, 2.05) is 6.08 Å². The number of halogens is 2. The minimum Gasteiger partial charge on any atom is -0.494 e. The van der Waals surface area contributed by atoms with E-state index >= 15 is 0 Å². The first-order chi connectivity index (χ1) is 18.0. The lowest BCUT2D eigenvalue weighted by Crippen LogP contribution is -2.24. The van der Waals surface area contributed by atoms with E-state index in [9.17, 15) is 13.6 Å². The number of benzene rings is 3. The van der Waals surface area contributed by atoms with Crippen LogP contribution in [0.1, 0.15) is 29.6 Å². The first-order valence-electron chi connectivity index (χ1n) is 11.9. The Kier molecular flexibility index (Phi) is 6.98. The molecule has 6 nitrogen and oxygen atoms in total. The SMILES string of the molecule is COc1ccc(-c2nc3cc(C(=O)NCCCC4=NC=CC4)ccc3nc2-c2ccc(F)cc2)cc1F. The van der Waals surface area contributed by atoms with E-state index in [2.05, 4.69) is 10.3 Å². The fourth-order valence-electron chi connectivity index (χ4n) is 4.18. The van der Waals surface area contributed by atoms with Crippen LogP contribution in [0.3, 0.4) is 0 Å². The van der Waals surface area contributed by atoms with E-state index in [4.69, 9.17) is 14.7 Å². The number of rotatable bonds is 8. The molecule has 0 unspecified atom stereocenters. The molecule has 0 radical (unpaired) electrons. The summed E-state index contributed by atoms with van der Waals surface area (Å²) in [5, 5.41) is 2.94. The molecular weight excluding hydrogens is 474 g/mol. The Labute approximate surface area is 212 Å². The van der Waals surface area contributed by atoms with Crippen molar-refractivity contribution < 1.29 is 18.3 Å². The van der Waals surface area contributed by atoms with Crippen molar-refractivity contribution in [3.05, 3.63) is 90.1 Å². The van der Waals surface area contributed by atoms with E-state index in [1.165, 1.54) is 31.4 Å². The van der Waals surface area contributed by atoms with Gasteiger partial charge in [-0.25, -0.2) is 18.7 Å². The summed E-state index contributed by atoms with van der Waals surface area (Å²) in [6, 6.07) is 15.5. The molecule has 5 rings (SSSR count). The number of carbonyl (C=O) groups is 1. The lowest BCUT2D eigenvalue weighted by molar-refractivity contribution is 0.0953.